The third kappa shape index (κ3) is 4.13. The van der Waals surface area contributed by atoms with Gasteiger partial charge in [-0.05, 0) is 17.7 Å². The maximum atomic E-state index is 5.63. The van der Waals surface area contributed by atoms with Gasteiger partial charge in [-0.25, -0.2) is 0 Å². The fourth-order valence-electron chi connectivity index (χ4n) is 1.48. The van der Waals surface area contributed by atoms with Crippen LogP contribution < -0.4 is 5.32 Å². The van der Waals surface area contributed by atoms with Gasteiger partial charge in [-0.2, -0.15) is 0 Å². The minimum atomic E-state index is 0.135. The van der Waals surface area contributed by atoms with E-state index in [0.29, 0.717) is 5.88 Å². The highest BCUT2D eigenvalue weighted by Crippen LogP contribution is 2.24. The zero-order valence-electron chi connectivity index (χ0n) is 9.19. The summed E-state index contributed by atoms with van der Waals surface area (Å²) in [6.07, 6.45) is 0. The lowest BCUT2D eigenvalue weighted by molar-refractivity contribution is 0.478. The van der Waals surface area contributed by atoms with Gasteiger partial charge in [0.1, 0.15) is 0 Å². The second-order valence-electron chi connectivity index (χ2n) is 4.26. The molecule has 0 heterocycles. The summed E-state index contributed by atoms with van der Waals surface area (Å²) >= 11 is 9.13. The molecule has 0 aliphatic heterocycles. The number of benzene rings is 1. The molecular formula is C12H17BrClN. The minimum Gasteiger partial charge on any atom is -0.315 e. The summed E-state index contributed by atoms with van der Waals surface area (Å²) in [5.74, 6) is 0.661. The van der Waals surface area contributed by atoms with Gasteiger partial charge in [0.15, 0.2) is 0 Å². The van der Waals surface area contributed by atoms with Crippen molar-refractivity contribution in [1.82, 2.24) is 5.32 Å². The molecule has 84 valence electrons. The predicted molar refractivity (Wildman–Crippen MR) is 70.8 cm³/mol. The SMILES string of the molecule is CC(C)(CNCCCl)c1cccc(Br)c1. The monoisotopic (exact) mass is 289 g/mol. The molecule has 0 spiro atoms. The smallest absolute Gasteiger partial charge is 0.0348 e. The quantitative estimate of drug-likeness (QED) is 0.646. The number of alkyl halides is 1. The third-order valence-electron chi connectivity index (χ3n) is 2.44. The average molecular weight is 291 g/mol. The van der Waals surface area contributed by atoms with Gasteiger partial charge < -0.3 is 5.32 Å². The number of hydrogen-bond donors (Lipinski definition) is 1. The van der Waals surface area contributed by atoms with E-state index in [-0.39, 0.29) is 5.41 Å². The van der Waals surface area contributed by atoms with Crippen molar-refractivity contribution in [3.8, 4) is 0 Å². The van der Waals surface area contributed by atoms with E-state index in [0.717, 1.165) is 17.6 Å². The minimum absolute atomic E-state index is 0.135. The first-order valence-electron chi connectivity index (χ1n) is 5.09. The highest BCUT2D eigenvalue weighted by molar-refractivity contribution is 9.10. The van der Waals surface area contributed by atoms with E-state index in [1.54, 1.807) is 0 Å². The second kappa shape index (κ2) is 5.88. The number of hydrogen-bond acceptors (Lipinski definition) is 1. The van der Waals surface area contributed by atoms with Gasteiger partial charge in [0.05, 0.1) is 0 Å². The van der Waals surface area contributed by atoms with Crippen molar-refractivity contribution in [2.75, 3.05) is 19.0 Å². The molecule has 0 unspecified atom stereocenters. The van der Waals surface area contributed by atoms with Crippen LogP contribution in [-0.4, -0.2) is 19.0 Å². The van der Waals surface area contributed by atoms with Crippen LogP contribution in [0.25, 0.3) is 0 Å². The maximum Gasteiger partial charge on any atom is 0.0348 e. The second-order valence-corrected chi connectivity index (χ2v) is 5.55. The fourth-order valence-corrected chi connectivity index (χ4v) is 2.01. The Kier molecular flexibility index (Phi) is 5.10. The Morgan fingerprint density at radius 3 is 2.73 bits per heavy atom. The van der Waals surface area contributed by atoms with Crippen molar-refractivity contribution in [3.63, 3.8) is 0 Å². The Labute approximate surface area is 105 Å². The molecule has 0 saturated heterocycles. The molecule has 0 fully saturated rings. The first kappa shape index (κ1) is 13.0. The Bertz CT molecular complexity index is 312. The van der Waals surface area contributed by atoms with Gasteiger partial charge >= 0.3 is 0 Å². The Morgan fingerprint density at radius 2 is 2.13 bits per heavy atom. The van der Waals surface area contributed by atoms with Crippen LogP contribution in [0.1, 0.15) is 19.4 Å². The summed E-state index contributed by atoms with van der Waals surface area (Å²) in [6.45, 7) is 6.27. The molecule has 0 saturated carbocycles. The number of rotatable bonds is 5. The van der Waals surface area contributed by atoms with Crippen LogP contribution in [0.5, 0.6) is 0 Å². The van der Waals surface area contributed by atoms with Crippen LogP contribution in [-0.2, 0) is 5.41 Å². The Hall–Kier alpha value is -0.0500. The van der Waals surface area contributed by atoms with E-state index < -0.39 is 0 Å². The summed E-state index contributed by atoms with van der Waals surface area (Å²) in [5.41, 5.74) is 1.47. The standard InChI is InChI=1S/C12H17BrClN/c1-12(2,9-15-7-6-14)10-4-3-5-11(13)8-10/h3-5,8,15H,6-7,9H2,1-2H3. The summed E-state index contributed by atoms with van der Waals surface area (Å²) in [4.78, 5) is 0. The highest BCUT2D eigenvalue weighted by Gasteiger charge is 2.19. The van der Waals surface area contributed by atoms with E-state index >= 15 is 0 Å². The average Bonchev–Trinajstić information content (AvgIpc) is 2.18. The summed E-state index contributed by atoms with van der Waals surface area (Å²) in [6, 6.07) is 8.45. The molecule has 0 atom stereocenters. The molecule has 1 aromatic carbocycles. The van der Waals surface area contributed by atoms with Crippen molar-refractivity contribution in [1.29, 1.82) is 0 Å². The lowest BCUT2D eigenvalue weighted by Gasteiger charge is -2.25. The molecule has 0 bridgehead atoms. The molecular weight excluding hydrogens is 273 g/mol. The molecule has 15 heavy (non-hydrogen) atoms. The largest absolute Gasteiger partial charge is 0.315 e. The van der Waals surface area contributed by atoms with Gasteiger partial charge in [0, 0.05) is 28.9 Å². The van der Waals surface area contributed by atoms with Crippen molar-refractivity contribution in [2.24, 2.45) is 0 Å². The van der Waals surface area contributed by atoms with Gasteiger partial charge in [-0.1, -0.05) is 41.9 Å². The van der Waals surface area contributed by atoms with Crippen LogP contribution >= 0.6 is 27.5 Å². The van der Waals surface area contributed by atoms with Crippen LogP contribution in [0.4, 0.5) is 0 Å². The zero-order valence-corrected chi connectivity index (χ0v) is 11.5. The maximum absolute atomic E-state index is 5.63. The normalized spacial score (nSPS) is 11.7. The van der Waals surface area contributed by atoms with E-state index in [9.17, 15) is 0 Å². The van der Waals surface area contributed by atoms with Crippen LogP contribution in [0.15, 0.2) is 28.7 Å². The van der Waals surface area contributed by atoms with Gasteiger partial charge in [0.2, 0.25) is 0 Å². The molecule has 1 nitrogen and oxygen atoms in total. The van der Waals surface area contributed by atoms with Crippen LogP contribution in [0.2, 0.25) is 0 Å². The lowest BCUT2D eigenvalue weighted by Crippen LogP contribution is -2.33. The Morgan fingerprint density at radius 1 is 1.40 bits per heavy atom. The van der Waals surface area contributed by atoms with Crippen molar-refractivity contribution in [3.05, 3.63) is 34.3 Å². The highest BCUT2D eigenvalue weighted by atomic mass is 79.9. The summed E-state index contributed by atoms with van der Waals surface area (Å²) in [7, 11) is 0. The summed E-state index contributed by atoms with van der Waals surface area (Å²) in [5, 5.41) is 3.35. The van der Waals surface area contributed by atoms with Crippen LogP contribution in [0.3, 0.4) is 0 Å². The topological polar surface area (TPSA) is 12.0 Å². The molecule has 0 aliphatic rings. The third-order valence-corrected chi connectivity index (χ3v) is 3.13. The molecule has 0 amide bonds. The summed E-state index contributed by atoms with van der Waals surface area (Å²) < 4.78 is 1.13. The molecule has 0 aliphatic carbocycles. The first-order valence-corrected chi connectivity index (χ1v) is 6.42. The predicted octanol–water partition coefficient (Wildman–Crippen LogP) is 3.56. The van der Waals surface area contributed by atoms with E-state index in [4.69, 9.17) is 11.6 Å². The van der Waals surface area contributed by atoms with Crippen molar-refractivity contribution in [2.45, 2.75) is 19.3 Å². The zero-order chi connectivity index (χ0) is 11.3. The van der Waals surface area contributed by atoms with Crippen LogP contribution in [0, 0.1) is 0 Å². The Balaban J connectivity index is 2.67. The fraction of sp³-hybridized carbons (Fsp3) is 0.500. The molecule has 3 heteroatoms. The van der Waals surface area contributed by atoms with E-state index in [2.05, 4.69) is 53.3 Å². The van der Waals surface area contributed by atoms with Gasteiger partial charge in [-0.15, -0.1) is 11.6 Å². The van der Waals surface area contributed by atoms with Crippen molar-refractivity contribution >= 4 is 27.5 Å². The van der Waals surface area contributed by atoms with Gasteiger partial charge in [-0.3, -0.25) is 0 Å². The molecule has 1 N–H and O–H groups in total. The van der Waals surface area contributed by atoms with Gasteiger partial charge in [0.25, 0.3) is 0 Å². The molecule has 1 rings (SSSR count). The number of nitrogens with one attached hydrogen (secondary N) is 1. The van der Waals surface area contributed by atoms with E-state index in [1.165, 1.54) is 5.56 Å². The molecule has 0 aromatic heterocycles. The molecule has 0 radical (unpaired) electrons. The number of halogens is 2. The first-order chi connectivity index (χ1) is 7.06. The van der Waals surface area contributed by atoms with E-state index in [1.807, 2.05) is 6.07 Å². The van der Waals surface area contributed by atoms with Crippen molar-refractivity contribution < 1.29 is 0 Å². The lowest BCUT2D eigenvalue weighted by atomic mass is 9.85. The molecule has 1 aromatic rings.